The molecule has 0 aliphatic rings. The van der Waals surface area contributed by atoms with E-state index < -0.39 is 19.2 Å². The SMILES string of the molecule is Cc1cc(-c2[c-]cccc2)nc[c]1[Ge]([CH3])([CH3])[CH3].[2H]C(C)(C)c1ccnc(-c2[c-]c3ccccc3c3c2sc2cc(F)ccc23)c1.[Ir]. The van der Waals surface area contributed by atoms with E-state index in [2.05, 4.69) is 70.7 Å². The Hall–Kier alpha value is -3.22. The van der Waals surface area contributed by atoms with E-state index in [0.717, 1.165) is 59.0 Å². The second-order valence-corrected chi connectivity index (χ2v) is 24.0. The van der Waals surface area contributed by atoms with Crippen molar-refractivity contribution >= 4 is 59.9 Å². The van der Waals surface area contributed by atoms with Crippen molar-refractivity contribution in [1.29, 1.82) is 0 Å². The number of hydrogen-bond donors (Lipinski definition) is 0. The summed E-state index contributed by atoms with van der Waals surface area (Å²) in [5.41, 5.74) is 6.07. The number of rotatable bonds is 4. The van der Waals surface area contributed by atoms with Gasteiger partial charge in [0.05, 0.1) is 0 Å². The summed E-state index contributed by atoms with van der Waals surface area (Å²) in [4.78, 5) is 9.18. The molecule has 1 radical (unpaired) electrons. The molecule has 3 aromatic heterocycles. The van der Waals surface area contributed by atoms with E-state index in [9.17, 15) is 4.39 Å². The van der Waals surface area contributed by atoms with Gasteiger partial charge in [0.25, 0.3) is 0 Å². The average molecular weight is 849 g/mol. The van der Waals surface area contributed by atoms with Gasteiger partial charge in [0.15, 0.2) is 0 Å². The maximum atomic E-state index is 13.9. The molecule has 6 heteroatoms. The first-order valence-electron chi connectivity index (χ1n) is 15.3. The van der Waals surface area contributed by atoms with E-state index >= 15 is 0 Å². The molecule has 4 aromatic carbocycles. The monoisotopic (exact) mass is 850 g/mol. The molecule has 0 amide bonds. The van der Waals surface area contributed by atoms with Crippen molar-refractivity contribution in [2.45, 2.75) is 43.9 Å². The number of fused-ring (bicyclic) bond motifs is 5. The van der Waals surface area contributed by atoms with Crippen LogP contribution in [0, 0.1) is 24.9 Å². The number of benzene rings is 4. The number of halogens is 1. The molecular weight excluding hydrogens is 812 g/mol. The minimum absolute atomic E-state index is 0. The summed E-state index contributed by atoms with van der Waals surface area (Å²) in [5.74, 6) is 6.26. The molecule has 45 heavy (non-hydrogen) atoms. The van der Waals surface area contributed by atoms with Gasteiger partial charge in [0.2, 0.25) is 0 Å². The van der Waals surface area contributed by atoms with Crippen LogP contribution in [0.15, 0.2) is 97.3 Å². The maximum Gasteiger partial charge on any atom is 0.124 e. The van der Waals surface area contributed by atoms with Crippen LogP contribution in [0.4, 0.5) is 4.39 Å². The quantitative estimate of drug-likeness (QED) is 0.130. The molecule has 0 aliphatic heterocycles. The Bertz CT molecular complexity index is 2170. The summed E-state index contributed by atoms with van der Waals surface area (Å²) in [6.07, 6.45) is 3.83. The van der Waals surface area contributed by atoms with Crippen LogP contribution < -0.4 is 4.40 Å². The third-order valence-electron chi connectivity index (χ3n) is 7.83. The minimum atomic E-state index is -1.77. The Kier molecular flexibility index (Phi) is 9.63. The molecule has 0 fully saturated rings. The van der Waals surface area contributed by atoms with Gasteiger partial charge in [-0.05, 0) is 39.7 Å². The van der Waals surface area contributed by atoms with Crippen molar-refractivity contribution in [3.63, 3.8) is 0 Å². The first kappa shape index (κ1) is 31.8. The first-order chi connectivity index (χ1) is 21.4. The Balaban J connectivity index is 0.000000200. The summed E-state index contributed by atoms with van der Waals surface area (Å²) < 4.78 is 25.7. The van der Waals surface area contributed by atoms with E-state index in [1.807, 2.05) is 68.4 Å². The van der Waals surface area contributed by atoms with Gasteiger partial charge < -0.3 is 0 Å². The number of hydrogen-bond acceptors (Lipinski definition) is 3. The van der Waals surface area contributed by atoms with Crippen LogP contribution in [-0.2, 0) is 20.1 Å². The van der Waals surface area contributed by atoms with E-state index in [-0.39, 0.29) is 25.9 Å². The van der Waals surface area contributed by atoms with E-state index in [4.69, 9.17) is 1.37 Å². The van der Waals surface area contributed by atoms with Gasteiger partial charge >= 0.3 is 106 Å². The summed E-state index contributed by atoms with van der Waals surface area (Å²) in [7, 11) is 0. The summed E-state index contributed by atoms with van der Waals surface area (Å²) in [6.45, 7) is 5.93. The fourth-order valence-electron chi connectivity index (χ4n) is 5.62. The molecule has 3 heterocycles. The molecule has 0 N–H and O–H groups in total. The predicted molar refractivity (Wildman–Crippen MR) is 189 cm³/mol. The molecule has 0 aliphatic carbocycles. The summed E-state index contributed by atoms with van der Waals surface area (Å²) in [6, 6.07) is 33.9. The van der Waals surface area contributed by atoms with Crippen LogP contribution in [0.1, 0.15) is 32.2 Å². The van der Waals surface area contributed by atoms with Crippen LogP contribution >= 0.6 is 11.3 Å². The predicted octanol–water partition coefficient (Wildman–Crippen LogP) is 10.7. The van der Waals surface area contributed by atoms with Crippen molar-refractivity contribution in [3.05, 3.63) is 126 Å². The molecule has 229 valence electrons. The Morgan fingerprint density at radius 1 is 0.889 bits per heavy atom. The van der Waals surface area contributed by atoms with Crippen molar-refractivity contribution < 1.29 is 25.9 Å². The van der Waals surface area contributed by atoms with Gasteiger partial charge in [-0.1, -0.05) is 60.5 Å². The van der Waals surface area contributed by atoms with Crippen molar-refractivity contribution in [2.75, 3.05) is 0 Å². The fraction of sp³-hybridized carbons (Fsp3) is 0.179. The zero-order chi connectivity index (χ0) is 31.9. The zero-order valence-corrected chi connectivity index (χ0v) is 31.6. The number of nitrogens with zero attached hydrogens (tertiary/aromatic N) is 2. The molecular formula is C39H35FGeIrN2S-2. The van der Waals surface area contributed by atoms with Gasteiger partial charge in [-0.3, -0.25) is 4.98 Å². The topological polar surface area (TPSA) is 25.8 Å². The molecule has 0 saturated heterocycles. The number of thiophene rings is 1. The van der Waals surface area contributed by atoms with Gasteiger partial charge in [0, 0.05) is 38.1 Å². The number of pyridine rings is 2. The second-order valence-electron chi connectivity index (χ2n) is 12.3. The molecule has 2 nitrogen and oxygen atoms in total. The first-order valence-corrected chi connectivity index (χ1v) is 22.9. The van der Waals surface area contributed by atoms with Gasteiger partial charge in [-0.2, -0.15) is 11.3 Å². The van der Waals surface area contributed by atoms with E-state index in [0.29, 0.717) is 0 Å². The molecule has 7 rings (SSSR count). The van der Waals surface area contributed by atoms with Crippen LogP contribution in [0.5, 0.6) is 0 Å². The molecule has 0 spiro atoms. The normalized spacial score (nSPS) is 12.0. The second kappa shape index (κ2) is 13.6. The minimum Gasteiger partial charge on any atom is -0.295 e. The number of aromatic nitrogens is 2. The summed E-state index contributed by atoms with van der Waals surface area (Å²) >= 11 is -0.205. The third kappa shape index (κ3) is 6.97. The third-order valence-corrected chi connectivity index (χ3v) is 13.5. The molecule has 0 saturated carbocycles. The molecule has 0 unspecified atom stereocenters. The smallest absolute Gasteiger partial charge is 0.124 e. The van der Waals surface area contributed by atoms with E-state index in [1.54, 1.807) is 23.6 Å². The average Bonchev–Trinajstić information content (AvgIpc) is 3.39. The van der Waals surface area contributed by atoms with Crippen LogP contribution in [-0.4, -0.2) is 23.2 Å². The maximum absolute atomic E-state index is 13.9. The summed E-state index contributed by atoms with van der Waals surface area (Å²) in [5, 5.41) is 4.27. The Labute approximate surface area is 286 Å². The van der Waals surface area contributed by atoms with Crippen LogP contribution in [0.2, 0.25) is 17.3 Å². The molecule has 0 bridgehead atoms. The van der Waals surface area contributed by atoms with E-state index in [1.165, 1.54) is 16.0 Å². The Morgan fingerprint density at radius 3 is 2.38 bits per heavy atom. The fourth-order valence-corrected chi connectivity index (χ4v) is 10.4. The molecule has 7 aromatic rings. The Morgan fingerprint density at radius 2 is 1.67 bits per heavy atom. The van der Waals surface area contributed by atoms with Gasteiger partial charge in [0.1, 0.15) is 5.82 Å². The molecule has 0 atom stereocenters. The van der Waals surface area contributed by atoms with Crippen LogP contribution in [0.3, 0.4) is 0 Å². The standard InChI is InChI=1S/C24H17FNS.C15H18GeN.Ir/c1-14(2)15-9-10-26-21(12-15)20-11-16-5-3-4-6-18(16)23-19-8-7-17(25)13-22(19)27-24(20)23;1-12-10-15(13-8-6-5-7-9-13)17-11-14(12)16(2,3)4;/h3-10,12-14H,1-2H3;5-8,10-11H,1-4H3;/q2*-1;/i14D;;. The zero-order valence-electron chi connectivity index (χ0n) is 27.3. The largest absolute Gasteiger partial charge is 0.295 e. The van der Waals surface area contributed by atoms with Crippen LogP contribution in [0.25, 0.3) is 53.5 Å². The van der Waals surface area contributed by atoms with Crippen molar-refractivity contribution in [1.82, 2.24) is 9.97 Å². The number of aryl methyl sites for hydroxylation is 1. The van der Waals surface area contributed by atoms with Crippen molar-refractivity contribution in [2.24, 2.45) is 0 Å². The van der Waals surface area contributed by atoms with Gasteiger partial charge in [-0.15, -0.1) is 17.5 Å². The van der Waals surface area contributed by atoms with Gasteiger partial charge in [-0.25, -0.2) is 4.39 Å². The van der Waals surface area contributed by atoms with Crippen molar-refractivity contribution in [3.8, 4) is 22.5 Å².